The molecule has 1 aromatic carbocycles. The molecule has 2 unspecified atom stereocenters. The summed E-state index contributed by atoms with van der Waals surface area (Å²) in [5, 5.41) is 14.4. The van der Waals surface area contributed by atoms with Crippen molar-refractivity contribution in [2.45, 2.75) is 18.6 Å². The van der Waals surface area contributed by atoms with Gasteiger partial charge in [-0.05, 0) is 23.3 Å². The van der Waals surface area contributed by atoms with Crippen molar-refractivity contribution in [1.82, 2.24) is 14.3 Å². The number of benzene rings is 1. The summed E-state index contributed by atoms with van der Waals surface area (Å²) in [6, 6.07) is 8.66. The largest absolute Gasteiger partial charge is 0.481 e. The van der Waals surface area contributed by atoms with Gasteiger partial charge in [0, 0.05) is 42.5 Å². The Morgan fingerprint density at radius 2 is 1.96 bits per heavy atom. The van der Waals surface area contributed by atoms with Gasteiger partial charge in [-0.25, -0.2) is 0 Å². The molecule has 4 rings (SSSR count). The predicted molar refractivity (Wildman–Crippen MR) is 103 cm³/mol. The van der Waals surface area contributed by atoms with Crippen molar-refractivity contribution in [2.24, 2.45) is 14.1 Å². The van der Waals surface area contributed by atoms with Gasteiger partial charge in [0.05, 0.1) is 24.4 Å². The maximum Gasteiger partial charge on any atom is 0.306 e. The highest BCUT2D eigenvalue weighted by molar-refractivity contribution is 6.30. The molecule has 1 N–H and O–H groups in total. The molecule has 2 aromatic heterocycles. The van der Waals surface area contributed by atoms with E-state index in [1.54, 1.807) is 36.3 Å². The van der Waals surface area contributed by atoms with Crippen LogP contribution in [0.5, 0.6) is 0 Å². The summed E-state index contributed by atoms with van der Waals surface area (Å²) in [6.07, 6.45) is 1.83. The van der Waals surface area contributed by atoms with E-state index in [2.05, 4.69) is 5.10 Å². The summed E-state index contributed by atoms with van der Waals surface area (Å²) in [7, 11) is 3.47. The van der Waals surface area contributed by atoms with Crippen LogP contribution in [0.3, 0.4) is 0 Å². The van der Waals surface area contributed by atoms with E-state index in [-0.39, 0.29) is 12.0 Å². The Kier molecular flexibility index (Phi) is 4.56. The SMILES string of the molecule is Cn1ncc2c1C(c1ccc(Cl)cc1)OC(CC(=O)O)c1cc(=O)n(C)cc1-2. The molecule has 8 heteroatoms. The van der Waals surface area contributed by atoms with E-state index in [0.29, 0.717) is 10.6 Å². The first-order chi connectivity index (χ1) is 13.3. The van der Waals surface area contributed by atoms with Crippen molar-refractivity contribution in [3.63, 3.8) is 0 Å². The van der Waals surface area contributed by atoms with Crippen LogP contribution in [-0.2, 0) is 23.6 Å². The monoisotopic (exact) mass is 399 g/mol. The number of nitrogens with zero attached hydrogens (tertiary/aromatic N) is 3. The minimum atomic E-state index is -1.00. The zero-order valence-electron chi connectivity index (χ0n) is 15.3. The van der Waals surface area contributed by atoms with Crippen molar-refractivity contribution in [3.8, 4) is 11.1 Å². The molecule has 7 nitrogen and oxygen atoms in total. The highest BCUT2D eigenvalue weighted by Crippen LogP contribution is 2.44. The number of hydrogen-bond donors (Lipinski definition) is 1. The lowest BCUT2D eigenvalue weighted by molar-refractivity contribution is -0.141. The predicted octanol–water partition coefficient (Wildman–Crippen LogP) is 3.07. The van der Waals surface area contributed by atoms with E-state index in [0.717, 1.165) is 22.4 Å². The molecule has 2 atom stereocenters. The van der Waals surface area contributed by atoms with E-state index >= 15 is 0 Å². The van der Waals surface area contributed by atoms with Gasteiger partial charge < -0.3 is 14.4 Å². The number of ether oxygens (including phenoxy) is 1. The van der Waals surface area contributed by atoms with Gasteiger partial charge in [-0.15, -0.1) is 0 Å². The van der Waals surface area contributed by atoms with Gasteiger partial charge in [-0.1, -0.05) is 23.7 Å². The second kappa shape index (κ2) is 6.92. The summed E-state index contributed by atoms with van der Waals surface area (Å²) >= 11 is 6.02. The summed E-state index contributed by atoms with van der Waals surface area (Å²) < 4.78 is 9.49. The Morgan fingerprint density at radius 1 is 1.25 bits per heavy atom. The fourth-order valence-electron chi connectivity index (χ4n) is 3.59. The van der Waals surface area contributed by atoms with Crippen molar-refractivity contribution in [2.75, 3.05) is 0 Å². The van der Waals surface area contributed by atoms with Crippen LogP contribution >= 0.6 is 11.6 Å². The van der Waals surface area contributed by atoms with Gasteiger partial charge in [0.15, 0.2) is 0 Å². The lowest BCUT2D eigenvalue weighted by Crippen LogP contribution is -2.20. The van der Waals surface area contributed by atoms with Crippen molar-refractivity contribution in [1.29, 1.82) is 0 Å². The quantitative estimate of drug-likeness (QED) is 0.731. The number of hydrogen-bond acceptors (Lipinski definition) is 4. The first-order valence-electron chi connectivity index (χ1n) is 8.70. The van der Waals surface area contributed by atoms with Crippen molar-refractivity contribution in [3.05, 3.63) is 74.9 Å². The molecule has 0 aliphatic carbocycles. The topological polar surface area (TPSA) is 86.4 Å². The van der Waals surface area contributed by atoms with E-state index in [9.17, 15) is 14.7 Å². The Balaban J connectivity index is 1.97. The number of aryl methyl sites for hydroxylation is 2. The standard InChI is InChI=1S/C20H18ClN3O4/c1-23-10-15-13(7-17(23)25)16(8-18(26)27)28-20(11-3-5-12(21)6-4-11)19-14(15)9-22-24(19)2/h3-7,9-10,16,20H,8H2,1-2H3,(H,26,27). The van der Waals surface area contributed by atoms with Crippen LogP contribution in [0.15, 0.2) is 47.5 Å². The van der Waals surface area contributed by atoms with Gasteiger partial charge in [0.1, 0.15) is 6.10 Å². The molecule has 0 spiro atoms. The molecule has 3 aromatic rings. The third-order valence-corrected chi connectivity index (χ3v) is 5.22. The van der Waals surface area contributed by atoms with Gasteiger partial charge in [-0.3, -0.25) is 14.3 Å². The normalized spacial score (nSPS) is 18.2. The van der Waals surface area contributed by atoms with Gasteiger partial charge in [-0.2, -0.15) is 5.10 Å². The lowest BCUT2D eigenvalue weighted by Gasteiger charge is -2.23. The molecule has 1 aliphatic heterocycles. The first-order valence-corrected chi connectivity index (χ1v) is 9.08. The molecule has 0 bridgehead atoms. The fraction of sp³-hybridized carbons (Fsp3) is 0.250. The van der Waals surface area contributed by atoms with Gasteiger partial charge >= 0.3 is 5.97 Å². The molecule has 3 heterocycles. The number of aromatic nitrogens is 3. The molecule has 1 aliphatic rings. The molecule has 28 heavy (non-hydrogen) atoms. The van der Waals surface area contributed by atoms with Gasteiger partial charge in [0.2, 0.25) is 0 Å². The number of aliphatic carboxylic acids is 1. The molecule has 0 radical (unpaired) electrons. The van der Waals surface area contributed by atoms with Gasteiger partial charge in [0.25, 0.3) is 5.56 Å². The van der Waals surface area contributed by atoms with Crippen LogP contribution in [0.4, 0.5) is 0 Å². The minimum Gasteiger partial charge on any atom is -0.481 e. The van der Waals surface area contributed by atoms with Crippen LogP contribution in [-0.4, -0.2) is 25.4 Å². The van der Waals surface area contributed by atoms with Crippen molar-refractivity contribution < 1.29 is 14.6 Å². The lowest BCUT2D eigenvalue weighted by atomic mass is 9.96. The first kappa shape index (κ1) is 18.5. The smallest absolute Gasteiger partial charge is 0.306 e. The highest BCUT2D eigenvalue weighted by Gasteiger charge is 2.34. The highest BCUT2D eigenvalue weighted by atomic mass is 35.5. The third-order valence-electron chi connectivity index (χ3n) is 4.96. The number of carboxylic acid groups (broad SMARTS) is 1. The van der Waals surface area contributed by atoms with Crippen molar-refractivity contribution >= 4 is 17.6 Å². The summed E-state index contributed by atoms with van der Waals surface area (Å²) in [6.45, 7) is 0. The fourth-order valence-corrected chi connectivity index (χ4v) is 3.72. The molecule has 0 saturated heterocycles. The Morgan fingerprint density at radius 3 is 2.64 bits per heavy atom. The zero-order chi connectivity index (χ0) is 20.0. The van der Waals surface area contributed by atoms with E-state index in [1.807, 2.05) is 19.2 Å². The maximum atomic E-state index is 12.3. The number of fused-ring (bicyclic) bond motifs is 3. The number of pyridine rings is 1. The maximum absolute atomic E-state index is 12.3. The zero-order valence-corrected chi connectivity index (χ0v) is 16.1. The van der Waals surface area contributed by atoms with Crippen LogP contribution in [0.2, 0.25) is 5.02 Å². The Hall–Kier alpha value is -2.90. The van der Waals surface area contributed by atoms with E-state index < -0.39 is 18.2 Å². The summed E-state index contributed by atoms with van der Waals surface area (Å²) in [5.74, 6) is -1.00. The number of rotatable bonds is 3. The van der Waals surface area contributed by atoms with E-state index in [1.165, 1.54) is 10.6 Å². The van der Waals surface area contributed by atoms with E-state index in [4.69, 9.17) is 16.3 Å². The average Bonchev–Trinajstić information content (AvgIpc) is 2.96. The molecule has 0 fully saturated rings. The molecule has 144 valence electrons. The molecule has 0 amide bonds. The Labute approximate surface area is 165 Å². The van der Waals surface area contributed by atoms with Crippen LogP contribution < -0.4 is 5.56 Å². The molecule has 0 saturated carbocycles. The summed E-state index contributed by atoms with van der Waals surface area (Å²) in [4.78, 5) is 23.8. The average molecular weight is 400 g/mol. The molecular weight excluding hydrogens is 382 g/mol. The van der Waals surface area contributed by atoms with Crippen LogP contribution in [0.1, 0.15) is 35.4 Å². The molecular formula is C20H18ClN3O4. The number of halogens is 1. The Bertz CT molecular complexity index is 1120. The van der Waals surface area contributed by atoms with Crippen LogP contribution in [0.25, 0.3) is 11.1 Å². The number of carboxylic acids is 1. The minimum absolute atomic E-state index is 0.229. The second-order valence-corrected chi connectivity index (χ2v) is 7.25. The second-order valence-electron chi connectivity index (χ2n) is 6.81. The summed E-state index contributed by atoms with van der Waals surface area (Å²) in [5.41, 5.74) is 3.48. The van der Waals surface area contributed by atoms with Crippen LogP contribution in [0, 0.1) is 0 Å². The number of carbonyl (C=O) groups is 1. The third kappa shape index (κ3) is 3.12.